The number of rotatable bonds is 6. The Morgan fingerprint density at radius 3 is 1.93 bits per heavy atom. The largest absolute Gasteiger partial charge is 0.294 e. The fourth-order valence-corrected chi connectivity index (χ4v) is 3.66. The minimum absolute atomic E-state index is 0.0295. The molecule has 3 aromatic rings. The molecule has 0 spiro atoms. The van der Waals surface area contributed by atoms with Crippen LogP contribution in [0.25, 0.3) is 0 Å². The van der Waals surface area contributed by atoms with Crippen molar-refractivity contribution in [2.75, 3.05) is 0 Å². The monoisotopic (exact) mass is 397 g/mol. The van der Waals surface area contributed by atoms with Crippen molar-refractivity contribution in [3.63, 3.8) is 0 Å². The number of Topliss-reactive ketones (excluding diaryl/α,β-unsaturated/α-hetero) is 1. The molecule has 0 aromatic heterocycles. The van der Waals surface area contributed by atoms with Crippen LogP contribution in [0, 0.1) is 5.82 Å². The molecule has 0 saturated heterocycles. The lowest BCUT2D eigenvalue weighted by molar-refractivity contribution is 0.0993. The zero-order chi connectivity index (χ0) is 19.4. The van der Waals surface area contributed by atoms with Crippen LogP contribution in [0.5, 0.6) is 0 Å². The number of carbonyl (C=O) groups is 1. The summed E-state index contributed by atoms with van der Waals surface area (Å²) in [6.07, 6.45) is 0.274. The standard InChI is InChI=1S/C23H21FOS2/c1-23(2,26)18-7-13-21(14-8-18)27-20-11-5-17(6-12-20)22(25)15-16-3-9-19(24)10-4-16/h3-14,26H,15H2,1-2H3/p+1. The van der Waals surface area contributed by atoms with Crippen molar-refractivity contribution < 1.29 is 9.18 Å². The van der Waals surface area contributed by atoms with Crippen LogP contribution in [0.2, 0.25) is 0 Å². The van der Waals surface area contributed by atoms with Gasteiger partial charge in [-0.05, 0) is 68.4 Å². The van der Waals surface area contributed by atoms with E-state index in [9.17, 15) is 9.18 Å². The van der Waals surface area contributed by atoms with Gasteiger partial charge in [0.2, 0.25) is 0 Å². The third-order valence-electron chi connectivity index (χ3n) is 4.27. The molecule has 1 nitrogen and oxygen atoms in total. The Balaban J connectivity index is 1.64. The van der Waals surface area contributed by atoms with Gasteiger partial charge in [-0.15, -0.1) is 0 Å². The van der Waals surface area contributed by atoms with Crippen molar-refractivity contribution in [2.24, 2.45) is 0 Å². The van der Waals surface area contributed by atoms with Crippen LogP contribution in [0.1, 0.15) is 35.3 Å². The molecule has 4 heteroatoms. The minimum Gasteiger partial charge on any atom is -0.294 e. The molecule has 0 aliphatic heterocycles. The van der Waals surface area contributed by atoms with E-state index in [4.69, 9.17) is 0 Å². The van der Waals surface area contributed by atoms with Gasteiger partial charge in [0.25, 0.3) is 0 Å². The molecule has 27 heavy (non-hydrogen) atoms. The maximum atomic E-state index is 13.0. The van der Waals surface area contributed by atoms with E-state index in [1.54, 1.807) is 23.9 Å². The molecular formula is C23H22FOS2+. The second-order valence-electron chi connectivity index (χ2n) is 7.00. The van der Waals surface area contributed by atoms with Gasteiger partial charge in [0.1, 0.15) is 10.6 Å². The van der Waals surface area contributed by atoms with Gasteiger partial charge in [-0.3, -0.25) is 4.79 Å². The SMILES string of the molecule is CC(C)([SH2+])c1ccc(Sc2ccc(C(=O)Cc3ccc(F)cc3)cc2)cc1. The predicted octanol–water partition coefficient (Wildman–Crippen LogP) is 5.65. The summed E-state index contributed by atoms with van der Waals surface area (Å²) in [4.78, 5) is 14.6. The summed E-state index contributed by atoms with van der Waals surface area (Å²) in [7, 11) is 0. The molecule has 138 valence electrons. The minimum atomic E-state index is -0.291. The number of benzene rings is 3. The summed E-state index contributed by atoms with van der Waals surface area (Å²) in [5.74, 6) is -0.262. The van der Waals surface area contributed by atoms with E-state index in [0.29, 0.717) is 5.56 Å². The lowest BCUT2D eigenvalue weighted by Gasteiger charge is -2.12. The van der Waals surface area contributed by atoms with Crippen LogP contribution in [-0.2, 0) is 23.8 Å². The third-order valence-corrected chi connectivity index (χ3v) is 5.57. The van der Waals surface area contributed by atoms with Crippen molar-refractivity contribution in [3.8, 4) is 0 Å². The summed E-state index contributed by atoms with van der Waals surface area (Å²) in [6, 6.07) is 22.1. The summed E-state index contributed by atoms with van der Waals surface area (Å²) in [5.41, 5.74) is 2.71. The number of halogens is 1. The Morgan fingerprint density at radius 2 is 1.41 bits per heavy atom. The van der Waals surface area contributed by atoms with Gasteiger partial charge in [0.15, 0.2) is 5.78 Å². The molecular weight excluding hydrogens is 375 g/mol. The van der Waals surface area contributed by atoms with Gasteiger partial charge < -0.3 is 0 Å². The summed E-state index contributed by atoms with van der Waals surface area (Å²) in [5, 5.41) is 0. The molecule has 0 bridgehead atoms. The van der Waals surface area contributed by atoms with Crippen molar-refractivity contribution in [1.82, 2.24) is 0 Å². The lowest BCUT2D eigenvalue weighted by Crippen LogP contribution is -2.11. The van der Waals surface area contributed by atoms with Gasteiger partial charge >= 0.3 is 0 Å². The van der Waals surface area contributed by atoms with Gasteiger partial charge in [-0.1, -0.05) is 48.2 Å². The zero-order valence-corrected chi connectivity index (χ0v) is 17.1. The maximum absolute atomic E-state index is 13.0. The van der Waals surface area contributed by atoms with E-state index in [1.165, 1.54) is 17.7 Å². The fraction of sp³-hybridized carbons (Fsp3) is 0.174. The van der Waals surface area contributed by atoms with E-state index < -0.39 is 0 Å². The Kier molecular flexibility index (Phi) is 6.08. The molecule has 0 unspecified atom stereocenters. The Bertz CT molecular complexity index is 909. The maximum Gasteiger partial charge on any atom is 0.167 e. The van der Waals surface area contributed by atoms with Crippen molar-refractivity contribution in [1.29, 1.82) is 0 Å². The first-order chi connectivity index (χ1) is 12.8. The van der Waals surface area contributed by atoms with Crippen LogP contribution in [0.4, 0.5) is 4.39 Å². The summed E-state index contributed by atoms with van der Waals surface area (Å²) < 4.78 is 12.9. The average Bonchev–Trinajstić information content (AvgIpc) is 2.64. The van der Waals surface area contributed by atoms with Crippen LogP contribution in [0.3, 0.4) is 0 Å². The second-order valence-corrected chi connectivity index (χ2v) is 9.40. The molecule has 0 fully saturated rings. The van der Waals surface area contributed by atoms with Crippen LogP contribution < -0.4 is 0 Å². The quantitative estimate of drug-likeness (QED) is 0.395. The molecule has 0 radical (unpaired) electrons. The lowest BCUT2D eigenvalue weighted by atomic mass is 10.0. The van der Waals surface area contributed by atoms with E-state index in [0.717, 1.165) is 15.4 Å². The van der Waals surface area contributed by atoms with E-state index >= 15 is 0 Å². The first-order valence-electron chi connectivity index (χ1n) is 8.72. The van der Waals surface area contributed by atoms with Crippen LogP contribution in [0.15, 0.2) is 82.6 Å². The van der Waals surface area contributed by atoms with Gasteiger partial charge in [-0.2, -0.15) is 0 Å². The van der Waals surface area contributed by atoms with Gasteiger partial charge in [-0.25, -0.2) is 4.39 Å². The second kappa shape index (κ2) is 8.32. The summed E-state index contributed by atoms with van der Waals surface area (Å²) in [6.45, 7) is 4.24. The van der Waals surface area contributed by atoms with Crippen molar-refractivity contribution in [2.45, 2.75) is 34.8 Å². The Labute approximate surface area is 169 Å². The Hall–Kier alpha value is -2.04. The number of hydrogen-bond acceptors (Lipinski definition) is 2. The predicted molar refractivity (Wildman–Crippen MR) is 115 cm³/mol. The average molecular weight is 398 g/mol. The molecule has 0 atom stereocenters. The molecule has 0 N–H and O–H groups in total. The molecule has 3 aromatic carbocycles. The van der Waals surface area contributed by atoms with E-state index in [2.05, 4.69) is 50.7 Å². The molecule has 0 heterocycles. The first kappa shape index (κ1) is 19.7. The van der Waals surface area contributed by atoms with Gasteiger partial charge in [0, 0.05) is 27.3 Å². The highest BCUT2D eigenvalue weighted by molar-refractivity contribution is 7.99. The molecule has 0 aliphatic carbocycles. The smallest absolute Gasteiger partial charge is 0.167 e. The topological polar surface area (TPSA) is 17.1 Å². The van der Waals surface area contributed by atoms with E-state index in [1.807, 2.05) is 24.3 Å². The fourth-order valence-electron chi connectivity index (χ4n) is 2.67. The van der Waals surface area contributed by atoms with Crippen LogP contribution >= 0.6 is 11.8 Å². The zero-order valence-electron chi connectivity index (χ0n) is 15.3. The molecule has 3 rings (SSSR count). The highest BCUT2D eigenvalue weighted by Crippen LogP contribution is 2.30. The number of hydrogen-bond donors (Lipinski definition) is 0. The third kappa shape index (κ3) is 5.47. The summed E-state index contributed by atoms with van der Waals surface area (Å²) >= 11 is 5.39. The molecule has 0 saturated carbocycles. The van der Waals surface area contributed by atoms with Crippen molar-refractivity contribution in [3.05, 3.63) is 95.3 Å². The Morgan fingerprint density at radius 1 is 0.889 bits per heavy atom. The van der Waals surface area contributed by atoms with Gasteiger partial charge in [0.05, 0.1) is 0 Å². The number of carbonyl (C=O) groups excluding carboxylic acids is 1. The highest BCUT2D eigenvalue weighted by Gasteiger charge is 2.20. The number of ketones is 1. The van der Waals surface area contributed by atoms with E-state index in [-0.39, 0.29) is 22.8 Å². The van der Waals surface area contributed by atoms with Crippen molar-refractivity contribution >= 4 is 30.2 Å². The normalized spacial score (nSPS) is 11.4. The highest BCUT2D eigenvalue weighted by atomic mass is 32.2. The first-order valence-corrected chi connectivity index (χ1v) is 10.0. The molecule has 0 aliphatic rings. The molecule has 0 amide bonds. The van der Waals surface area contributed by atoms with Crippen LogP contribution in [-0.4, -0.2) is 5.78 Å².